The minimum absolute atomic E-state index is 0.181. The molecule has 0 unspecified atom stereocenters. The highest BCUT2D eigenvalue weighted by atomic mass is 19.1. The molecule has 20 heavy (non-hydrogen) atoms. The lowest BCUT2D eigenvalue weighted by Crippen LogP contribution is -2.32. The Balaban J connectivity index is 2.22. The highest BCUT2D eigenvalue weighted by Gasteiger charge is 2.08. The van der Waals surface area contributed by atoms with Crippen LogP contribution >= 0.6 is 0 Å². The van der Waals surface area contributed by atoms with E-state index in [2.05, 4.69) is 24.5 Å². The molecule has 0 heterocycles. The SMILES string of the molecule is CC(C)CCNC(=O)CC(=O)NCc1ccc(F)cc1. The third-order valence-corrected chi connectivity index (χ3v) is 2.77. The van der Waals surface area contributed by atoms with Crippen molar-refractivity contribution in [3.05, 3.63) is 35.6 Å². The first-order valence-corrected chi connectivity index (χ1v) is 6.75. The van der Waals surface area contributed by atoms with E-state index in [0.717, 1.165) is 12.0 Å². The molecule has 1 rings (SSSR count). The molecule has 0 bridgehead atoms. The van der Waals surface area contributed by atoms with Crippen molar-refractivity contribution >= 4 is 11.8 Å². The van der Waals surface area contributed by atoms with E-state index >= 15 is 0 Å². The summed E-state index contributed by atoms with van der Waals surface area (Å²) in [6.07, 6.45) is 0.711. The maximum atomic E-state index is 12.7. The summed E-state index contributed by atoms with van der Waals surface area (Å²) in [4.78, 5) is 23.0. The van der Waals surface area contributed by atoms with Crippen LogP contribution in [0.25, 0.3) is 0 Å². The fourth-order valence-corrected chi connectivity index (χ4v) is 1.57. The van der Waals surface area contributed by atoms with E-state index < -0.39 is 0 Å². The number of hydrogen-bond acceptors (Lipinski definition) is 2. The molecule has 0 atom stereocenters. The molecule has 4 nitrogen and oxygen atoms in total. The van der Waals surface area contributed by atoms with Crippen molar-refractivity contribution in [1.29, 1.82) is 0 Å². The van der Waals surface area contributed by atoms with Crippen LogP contribution in [0.5, 0.6) is 0 Å². The average Bonchev–Trinajstić information content (AvgIpc) is 2.37. The Hall–Kier alpha value is -1.91. The van der Waals surface area contributed by atoms with Gasteiger partial charge < -0.3 is 10.6 Å². The van der Waals surface area contributed by atoms with E-state index in [9.17, 15) is 14.0 Å². The molecule has 1 aromatic rings. The number of rotatable bonds is 7. The summed E-state index contributed by atoms with van der Waals surface area (Å²) in [5.41, 5.74) is 0.792. The Morgan fingerprint density at radius 3 is 2.30 bits per heavy atom. The van der Waals surface area contributed by atoms with Gasteiger partial charge >= 0.3 is 0 Å². The highest BCUT2D eigenvalue weighted by Crippen LogP contribution is 2.02. The minimum atomic E-state index is -0.337. The number of amides is 2. The van der Waals surface area contributed by atoms with Crippen LogP contribution < -0.4 is 10.6 Å². The zero-order valence-electron chi connectivity index (χ0n) is 11.9. The maximum Gasteiger partial charge on any atom is 0.229 e. The highest BCUT2D eigenvalue weighted by molar-refractivity contribution is 5.96. The van der Waals surface area contributed by atoms with Crippen molar-refractivity contribution in [2.75, 3.05) is 6.54 Å². The average molecular weight is 280 g/mol. The second kappa shape index (κ2) is 8.30. The summed E-state index contributed by atoms with van der Waals surface area (Å²) in [5, 5.41) is 5.33. The van der Waals surface area contributed by atoms with Crippen LogP contribution in [0, 0.1) is 11.7 Å². The van der Waals surface area contributed by atoms with Crippen molar-refractivity contribution in [3.8, 4) is 0 Å². The van der Waals surface area contributed by atoms with Crippen LogP contribution in [0.4, 0.5) is 4.39 Å². The molecule has 0 fully saturated rings. The molecule has 0 saturated carbocycles. The molecule has 0 radical (unpaired) electrons. The summed E-state index contributed by atoms with van der Waals surface area (Å²) in [7, 11) is 0. The van der Waals surface area contributed by atoms with Gasteiger partial charge in [-0.2, -0.15) is 0 Å². The summed E-state index contributed by atoms with van der Waals surface area (Å²) in [6.45, 7) is 5.02. The standard InChI is InChI=1S/C15H21FN2O2/c1-11(2)7-8-17-14(19)9-15(20)18-10-12-3-5-13(16)6-4-12/h3-6,11H,7-10H2,1-2H3,(H,17,19)(H,18,20). The van der Waals surface area contributed by atoms with Crippen LogP contribution in [0.3, 0.4) is 0 Å². The van der Waals surface area contributed by atoms with Crippen molar-refractivity contribution in [3.63, 3.8) is 0 Å². The van der Waals surface area contributed by atoms with Gasteiger partial charge in [0.25, 0.3) is 0 Å². The van der Waals surface area contributed by atoms with Gasteiger partial charge in [0.2, 0.25) is 11.8 Å². The third kappa shape index (κ3) is 6.87. The van der Waals surface area contributed by atoms with Crippen molar-refractivity contribution in [2.24, 2.45) is 5.92 Å². The first kappa shape index (κ1) is 16.1. The molecule has 0 saturated heterocycles. The van der Waals surface area contributed by atoms with Crippen LogP contribution in [0.15, 0.2) is 24.3 Å². The largest absolute Gasteiger partial charge is 0.356 e. The third-order valence-electron chi connectivity index (χ3n) is 2.77. The summed E-state index contributed by atoms with van der Waals surface area (Å²) < 4.78 is 12.7. The minimum Gasteiger partial charge on any atom is -0.356 e. The molecule has 1 aromatic carbocycles. The Kier molecular flexibility index (Phi) is 6.70. The molecule has 0 aliphatic rings. The van der Waals surface area contributed by atoms with Gasteiger partial charge in [0.15, 0.2) is 0 Å². The zero-order chi connectivity index (χ0) is 15.0. The molecular weight excluding hydrogens is 259 g/mol. The summed E-state index contributed by atoms with van der Waals surface area (Å²) in [5.74, 6) is -0.411. The lowest BCUT2D eigenvalue weighted by atomic mass is 10.1. The smallest absolute Gasteiger partial charge is 0.229 e. The predicted octanol–water partition coefficient (Wildman–Crippen LogP) is 1.99. The van der Waals surface area contributed by atoms with E-state index in [1.54, 1.807) is 12.1 Å². The lowest BCUT2D eigenvalue weighted by molar-refractivity contribution is -0.129. The zero-order valence-corrected chi connectivity index (χ0v) is 11.9. The van der Waals surface area contributed by atoms with Gasteiger partial charge in [-0.1, -0.05) is 26.0 Å². The fourth-order valence-electron chi connectivity index (χ4n) is 1.57. The number of carbonyl (C=O) groups excluding carboxylic acids is 2. The van der Waals surface area contributed by atoms with Gasteiger partial charge in [0.1, 0.15) is 12.2 Å². The number of nitrogens with one attached hydrogen (secondary N) is 2. The lowest BCUT2D eigenvalue weighted by Gasteiger charge is -2.08. The van der Waals surface area contributed by atoms with Crippen molar-refractivity contribution in [1.82, 2.24) is 10.6 Å². The van der Waals surface area contributed by atoms with E-state index in [-0.39, 0.29) is 24.1 Å². The second-order valence-corrected chi connectivity index (χ2v) is 5.11. The summed E-state index contributed by atoms with van der Waals surface area (Å²) in [6, 6.07) is 5.86. The molecule has 110 valence electrons. The molecule has 0 spiro atoms. The first-order valence-electron chi connectivity index (χ1n) is 6.75. The number of carbonyl (C=O) groups is 2. The topological polar surface area (TPSA) is 58.2 Å². The normalized spacial score (nSPS) is 10.4. The maximum absolute atomic E-state index is 12.7. The molecular formula is C15H21FN2O2. The van der Waals surface area contributed by atoms with Crippen LogP contribution in [-0.4, -0.2) is 18.4 Å². The molecule has 2 amide bonds. The van der Waals surface area contributed by atoms with Gasteiger partial charge in [0, 0.05) is 13.1 Å². The van der Waals surface area contributed by atoms with E-state index in [4.69, 9.17) is 0 Å². The molecule has 0 aliphatic heterocycles. The Bertz CT molecular complexity index is 444. The van der Waals surface area contributed by atoms with Gasteiger partial charge in [-0.15, -0.1) is 0 Å². The molecule has 0 aromatic heterocycles. The molecule has 0 aliphatic carbocycles. The number of hydrogen-bond donors (Lipinski definition) is 2. The predicted molar refractivity (Wildman–Crippen MR) is 75.3 cm³/mol. The van der Waals surface area contributed by atoms with Crippen LogP contribution in [0.2, 0.25) is 0 Å². The Morgan fingerprint density at radius 1 is 1.10 bits per heavy atom. The first-order chi connectivity index (χ1) is 9.47. The van der Waals surface area contributed by atoms with E-state index in [1.807, 2.05) is 0 Å². The summed E-state index contributed by atoms with van der Waals surface area (Å²) >= 11 is 0. The quantitative estimate of drug-likeness (QED) is 0.750. The Labute approximate surface area is 118 Å². The van der Waals surface area contributed by atoms with Crippen molar-refractivity contribution < 1.29 is 14.0 Å². The second-order valence-electron chi connectivity index (χ2n) is 5.11. The van der Waals surface area contributed by atoms with Gasteiger partial charge in [-0.25, -0.2) is 4.39 Å². The molecule has 5 heteroatoms. The molecule has 2 N–H and O–H groups in total. The Morgan fingerprint density at radius 2 is 1.70 bits per heavy atom. The fraction of sp³-hybridized carbons (Fsp3) is 0.467. The van der Waals surface area contributed by atoms with E-state index in [1.165, 1.54) is 12.1 Å². The van der Waals surface area contributed by atoms with Crippen LogP contribution in [0.1, 0.15) is 32.3 Å². The monoisotopic (exact) mass is 280 g/mol. The number of benzene rings is 1. The van der Waals surface area contributed by atoms with Gasteiger partial charge in [-0.05, 0) is 30.0 Å². The van der Waals surface area contributed by atoms with Gasteiger partial charge in [-0.3, -0.25) is 9.59 Å². The van der Waals surface area contributed by atoms with Gasteiger partial charge in [0.05, 0.1) is 0 Å². The van der Waals surface area contributed by atoms with E-state index in [0.29, 0.717) is 19.0 Å². The number of halogens is 1. The van der Waals surface area contributed by atoms with Crippen molar-refractivity contribution in [2.45, 2.75) is 33.2 Å². The van der Waals surface area contributed by atoms with Crippen LogP contribution in [-0.2, 0) is 16.1 Å².